The summed E-state index contributed by atoms with van der Waals surface area (Å²) < 4.78 is 6.58. The van der Waals surface area contributed by atoms with Crippen LogP contribution in [0.3, 0.4) is 0 Å². The second kappa shape index (κ2) is 7.15. The lowest BCUT2D eigenvalue weighted by molar-refractivity contribution is 0.200. The summed E-state index contributed by atoms with van der Waals surface area (Å²) in [6, 6.07) is 8.70. The zero-order valence-corrected chi connectivity index (χ0v) is 14.5. The lowest BCUT2D eigenvalue weighted by atomic mass is 9.87. The fraction of sp³-hybridized carbons (Fsp3) is 0.500. The van der Waals surface area contributed by atoms with Crippen molar-refractivity contribution >= 4 is 11.8 Å². The number of nitrogens with zero attached hydrogens (tertiary/aromatic N) is 3. The molecule has 0 fully saturated rings. The first-order chi connectivity index (χ1) is 10.4. The minimum atomic E-state index is 0.180. The molecule has 1 aromatic carbocycles. The molecule has 120 valence electrons. The minimum absolute atomic E-state index is 0.180. The van der Waals surface area contributed by atoms with E-state index in [0.717, 1.165) is 16.7 Å². The first-order valence-electron chi connectivity index (χ1n) is 7.32. The molecule has 0 atom stereocenters. The van der Waals surface area contributed by atoms with Crippen molar-refractivity contribution in [2.45, 2.75) is 43.5 Å². The molecule has 5 nitrogen and oxygen atoms in total. The Labute approximate surface area is 136 Å². The molecule has 0 amide bonds. The molecule has 0 aliphatic carbocycles. The van der Waals surface area contributed by atoms with Gasteiger partial charge >= 0.3 is 0 Å². The highest BCUT2D eigenvalue weighted by Crippen LogP contribution is 2.25. The van der Waals surface area contributed by atoms with Crippen molar-refractivity contribution in [1.29, 1.82) is 0 Å². The number of rotatable bonds is 6. The fourth-order valence-electron chi connectivity index (χ4n) is 2.02. The zero-order chi connectivity index (χ0) is 16.2. The average Bonchev–Trinajstić information content (AvgIpc) is 2.83. The van der Waals surface area contributed by atoms with Crippen LogP contribution >= 0.6 is 11.8 Å². The molecule has 2 N–H and O–H groups in total. The maximum Gasteiger partial charge on any atom is 0.210 e. The summed E-state index contributed by atoms with van der Waals surface area (Å²) in [7, 11) is 1.66. The summed E-state index contributed by atoms with van der Waals surface area (Å²) in [5.41, 5.74) is 2.77. The molecule has 22 heavy (non-hydrogen) atoms. The van der Waals surface area contributed by atoms with Gasteiger partial charge in [-0.3, -0.25) is 0 Å². The number of thioether (sulfide) groups is 1. The molecule has 2 rings (SSSR count). The molecular weight excluding hydrogens is 296 g/mol. The number of hydrogen-bond acceptors (Lipinski definition) is 5. The van der Waals surface area contributed by atoms with Gasteiger partial charge in [0, 0.05) is 19.3 Å². The summed E-state index contributed by atoms with van der Waals surface area (Å²) in [5, 5.41) is 8.96. The van der Waals surface area contributed by atoms with Crippen LogP contribution in [0.2, 0.25) is 0 Å². The van der Waals surface area contributed by atoms with Crippen molar-refractivity contribution in [3.05, 3.63) is 41.2 Å². The topological polar surface area (TPSA) is 66.0 Å². The number of hydrogen-bond donors (Lipinski definition) is 1. The van der Waals surface area contributed by atoms with Crippen LogP contribution in [0.25, 0.3) is 0 Å². The summed E-state index contributed by atoms with van der Waals surface area (Å²) in [5.74, 6) is 7.57. The monoisotopic (exact) mass is 320 g/mol. The van der Waals surface area contributed by atoms with Crippen LogP contribution in [0.1, 0.15) is 37.7 Å². The van der Waals surface area contributed by atoms with Crippen LogP contribution in [0.15, 0.2) is 29.4 Å². The number of nitrogen functional groups attached to an aromatic ring is 1. The Bertz CT molecular complexity index is 602. The molecule has 2 aromatic rings. The van der Waals surface area contributed by atoms with Gasteiger partial charge in [-0.1, -0.05) is 56.8 Å². The molecule has 0 aliphatic rings. The van der Waals surface area contributed by atoms with Crippen LogP contribution in [0, 0.1) is 0 Å². The van der Waals surface area contributed by atoms with Crippen LogP contribution in [0.4, 0.5) is 0 Å². The van der Waals surface area contributed by atoms with E-state index in [-0.39, 0.29) is 5.41 Å². The van der Waals surface area contributed by atoms with E-state index in [1.54, 1.807) is 23.5 Å². The van der Waals surface area contributed by atoms with E-state index in [1.807, 2.05) is 0 Å². The predicted octanol–water partition coefficient (Wildman–Crippen LogP) is 2.77. The highest BCUT2D eigenvalue weighted by molar-refractivity contribution is 7.98. The Morgan fingerprint density at radius 2 is 1.86 bits per heavy atom. The van der Waals surface area contributed by atoms with Crippen LogP contribution in [-0.4, -0.2) is 28.6 Å². The van der Waals surface area contributed by atoms with Gasteiger partial charge in [-0.2, -0.15) is 0 Å². The maximum absolute atomic E-state index is 6.00. The lowest BCUT2D eigenvalue weighted by Crippen LogP contribution is -2.15. The minimum Gasteiger partial charge on any atom is -0.384 e. The van der Waals surface area contributed by atoms with E-state index >= 15 is 0 Å². The van der Waals surface area contributed by atoms with E-state index in [1.165, 1.54) is 11.1 Å². The second-order valence-electron chi connectivity index (χ2n) is 6.25. The second-order valence-corrected chi connectivity index (χ2v) is 7.19. The molecule has 0 bridgehead atoms. The normalized spacial score (nSPS) is 11.8. The average molecular weight is 320 g/mol. The summed E-state index contributed by atoms with van der Waals surface area (Å²) in [4.78, 5) is 0. The maximum atomic E-state index is 6.00. The van der Waals surface area contributed by atoms with Gasteiger partial charge in [0.1, 0.15) is 0 Å². The van der Waals surface area contributed by atoms with Gasteiger partial charge in [-0.05, 0) is 16.5 Å². The standard InChI is InChI=1S/C16H24N4OS/c1-16(2,3)13-7-5-12(6-8-13)11-22-15-19-18-14(20(15)17)9-10-21-4/h5-8H,9-11,17H2,1-4H3. The smallest absolute Gasteiger partial charge is 0.210 e. The van der Waals surface area contributed by atoms with Gasteiger partial charge in [0.05, 0.1) is 6.61 Å². The number of ether oxygens (including phenoxy) is 1. The van der Waals surface area contributed by atoms with Gasteiger partial charge in [0.2, 0.25) is 5.16 Å². The highest BCUT2D eigenvalue weighted by Gasteiger charge is 2.13. The van der Waals surface area contributed by atoms with Gasteiger partial charge in [-0.25, -0.2) is 4.68 Å². The Morgan fingerprint density at radius 3 is 2.45 bits per heavy atom. The zero-order valence-electron chi connectivity index (χ0n) is 13.7. The third-order valence-electron chi connectivity index (χ3n) is 3.45. The van der Waals surface area contributed by atoms with Gasteiger partial charge in [0.15, 0.2) is 5.82 Å². The van der Waals surface area contributed by atoms with Crippen molar-refractivity contribution < 1.29 is 4.74 Å². The molecule has 0 aliphatic heterocycles. The first-order valence-corrected chi connectivity index (χ1v) is 8.31. The van der Waals surface area contributed by atoms with Crippen LogP contribution in [0.5, 0.6) is 0 Å². The Morgan fingerprint density at radius 1 is 1.18 bits per heavy atom. The summed E-state index contributed by atoms with van der Waals surface area (Å²) in [6.07, 6.45) is 0.667. The van der Waals surface area contributed by atoms with E-state index in [0.29, 0.717) is 13.0 Å². The van der Waals surface area contributed by atoms with E-state index < -0.39 is 0 Å². The quantitative estimate of drug-likeness (QED) is 0.655. The van der Waals surface area contributed by atoms with E-state index in [9.17, 15) is 0 Å². The summed E-state index contributed by atoms with van der Waals surface area (Å²) in [6.45, 7) is 7.24. The van der Waals surface area contributed by atoms with E-state index in [4.69, 9.17) is 10.6 Å². The third kappa shape index (κ3) is 4.24. The molecule has 0 saturated heterocycles. The molecule has 0 spiro atoms. The first kappa shape index (κ1) is 16.8. The van der Waals surface area contributed by atoms with Crippen LogP contribution < -0.4 is 5.84 Å². The van der Waals surface area contributed by atoms with Gasteiger partial charge in [0.25, 0.3) is 0 Å². The summed E-state index contributed by atoms with van der Waals surface area (Å²) >= 11 is 1.59. The highest BCUT2D eigenvalue weighted by atomic mass is 32.2. The van der Waals surface area contributed by atoms with E-state index in [2.05, 4.69) is 55.2 Å². The number of nitrogens with two attached hydrogens (primary N) is 1. The molecule has 0 unspecified atom stereocenters. The SMILES string of the molecule is COCCc1nnc(SCc2ccc(C(C)(C)C)cc2)n1N. The lowest BCUT2D eigenvalue weighted by Gasteiger charge is -2.19. The van der Waals surface area contributed by atoms with Gasteiger partial charge < -0.3 is 10.6 Å². The molecule has 0 radical (unpaired) electrons. The molecule has 6 heteroatoms. The molecular formula is C16H24N4OS. The molecule has 0 saturated carbocycles. The number of benzene rings is 1. The van der Waals surface area contributed by atoms with Crippen molar-refractivity contribution in [3.63, 3.8) is 0 Å². The number of aromatic nitrogens is 3. The van der Waals surface area contributed by atoms with Crippen molar-refractivity contribution in [2.24, 2.45) is 0 Å². The van der Waals surface area contributed by atoms with Gasteiger partial charge in [-0.15, -0.1) is 10.2 Å². The Balaban J connectivity index is 1.97. The van der Waals surface area contributed by atoms with Crippen molar-refractivity contribution in [3.8, 4) is 0 Å². The number of methoxy groups -OCH3 is 1. The Hall–Kier alpha value is -1.53. The molecule has 1 heterocycles. The van der Waals surface area contributed by atoms with Crippen molar-refractivity contribution in [1.82, 2.24) is 14.9 Å². The Kier molecular flexibility index (Phi) is 5.47. The van der Waals surface area contributed by atoms with Crippen LogP contribution in [-0.2, 0) is 22.3 Å². The third-order valence-corrected chi connectivity index (χ3v) is 4.47. The van der Waals surface area contributed by atoms with Crippen molar-refractivity contribution in [2.75, 3.05) is 19.6 Å². The largest absolute Gasteiger partial charge is 0.384 e. The fourth-order valence-corrected chi connectivity index (χ4v) is 2.85. The molecule has 1 aromatic heterocycles. The predicted molar refractivity (Wildman–Crippen MR) is 90.5 cm³/mol.